The van der Waals surface area contributed by atoms with Gasteiger partial charge in [0.1, 0.15) is 0 Å². The van der Waals surface area contributed by atoms with Gasteiger partial charge >= 0.3 is 6.03 Å². The molecule has 0 radical (unpaired) electrons. The number of rotatable bonds is 4. The van der Waals surface area contributed by atoms with Crippen LogP contribution >= 0.6 is 23.2 Å². The first-order chi connectivity index (χ1) is 11.0. The number of nitrogens with one attached hydrogen (secondary N) is 1. The number of nitrogen functional groups attached to an aromatic ring is 1. The van der Waals surface area contributed by atoms with Gasteiger partial charge in [0.2, 0.25) is 0 Å². The summed E-state index contributed by atoms with van der Waals surface area (Å²) in [4.78, 5) is 14.2. The van der Waals surface area contributed by atoms with Crippen molar-refractivity contribution in [2.75, 3.05) is 30.7 Å². The number of benzene rings is 1. The summed E-state index contributed by atoms with van der Waals surface area (Å²) in [6.45, 7) is 4.27. The Balaban J connectivity index is 1.93. The van der Waals surface area contributed by atoms with Gasteiger partial charge in [0, 0.05) is 25.4 Å². The van der Waals surface area contributed by atoms with Crippen LogP contribution in [0.5, 0.6) is 0 Å². The van der Waals surface area contributed by atoms with Gasteiger partial charge in [-0.25, -0.2) is 4.79 Å². The molecule has 0 aliphatic carbocycles. The predicted octanol–water partition coefficient (Wildman–Crippen LogP) is 4.39. The molecule has 1 atom stereocenters. The zero-order chi connectivity index (χ0) is 16.8. The molecule has 0 saturated carbocycles. The summed E-state index contributed by atoms with van der Waals surface area (Å²) >= 11 is 12.0. The van der Waals surface area contributed by atoms with Crippen molar-refractivity contribution in [3.63, 3.8) is 0 Å². The Morgan fingerprint density at radius 1 is 1.35 bits per heavy atom. The fourth-order valence-electron chi connectivity index (χ4n) is 2.58. The standard InChI is InChI=1S/C16H23Cl2N3O2/c1-2-8-23-12-4-3-6-21(7-5-12)16(22)20-11-9-13(17)15(19)14(18)10-11/h9-10,12H,2-8,19H2,1H3,(H,20,22)/t12-/m0/s1. The van der Waals surface area contributed by atoms with Crippen molar-refractivity contribution >= 4 is 40.6 Å². The third-order valence-corrected chi connectivity index (χ3v) is 4.48. The Hall–Kier alpha value is -1.17. The van der Waals surface area contributed by atoms with Crippen LogP contribution in [0.4, 0.5) is 16.2 Å². The van der Waals surface area contributed by atoms with E-state index in [1.54, 1.807) is 17.0 Å². The number of carbonyl (C=O) groups is 1. The molecule has 2 rings (SSSR count). The lowest BCUT2D eigenvalue weighted by molar-refractivity contribution is 0.0446. The van der Waals surface area contributed by atoms with E-state index in [9.17, 15) is 4.79 Å². The Bertz CT molecular complexity index is 531. The van der Waals surface area contributed by atoms with Gasteiger partial charge in [0.15, 0.2) is 0 Å². The highest BCUT2D eigenvalue weighted by Crippen LogP contribution is 2.31. The number of likely N-dealkylation sites (tertiary alicyclic amines) is 1. The summed E-state index contributed by atoms with van der Waals surface area (Å²) < 4.78 is 5.80. The largest absolute Gasteiger partial charge is 0.396 e. The highest BCUT2D eigenvalue weighted by Gasteiger charge is 2.21. The number of hydrogen-bond donors (Lipinski definition) is 2. The van der Waals surface area contributed by atoms with E-state index in [2.05, 4.69) is 12.2 Å². The Morgan fingerprint density at radius 3 is 2.70 bits per heavy atom. The predicted molar refractivity (Wildman–Crippen MR) is 95.3 cm³/mol. The maximum atomic E-state index is 12.4. The topological polar surface area (TPSA) is 67.6 Å². The number of hydrogen-bond acceptors (Lipinski definition) is 3. The number of halogens is 2. The Labute approximate surface area is 147 Å². The molecule has 0 bridgehead atoms. The zero-order valence-corrected chi connectivity index (χ0v) is 14.8. The summed E-state index contributed by atoms with van der Waals surface area (Å²) in [6, 6.07) is 3.05. The molecule has 1 aromatic carbocycles. The van der Waals surface area contributed by atoms with Crippen LogP contribution in [0, 0.1) is 0 Å². The van der Waals surface area contributed by atoms with Crippen LogP contribution in [0.1, 0.15) is 32.6 Å². The molecule has 1 heterocycles. The van der Waals surface area contributed by atoms with Gasteiger partial charge in [0.25, 0.3) is 0 Å². The lowest BCUT2D eigenvalue weighted by Gasteiger charge is -2.21. The monoisotopic (exact) mass is 359 g/mol. The van der Waals surface area contributed by atoms with Crippen molar-refractivity contribution < 1.29 is 9.53 Å². The van der Waals surface area contributed by atoms with Crippen molar-refractivity contribution in [3.8, 4) is 0 Å². The molecular formula is C16H23Cl2N3O2. The first kappa shape index (κ1) is 18.2. The van der Waals surface area contributed by atoms with Crippen LogP contribution in [0.3, 0.4) is 0 Å². The number of carbonyl (C=O) groups excluding carboxylic acids is 1. The molecule has 0 aromatic heterocycles. The maximum Gasteiger partial charge on any atom is 0.321 e. The lowest BCUT2D eigenvalue weighted by atomic mass is 10.2. The molecule has 1 saturated heterocycles. The highest BCUT2D eigenvalue weighted by atomic mass is 35.5. The Kier molecular flexibility index (Phi) is 6.81. The molecular weight excluding hydrogens is 337 g/mol. The minimum Gasteiger partial charge on any atom is -0.396 e. The first-order valence-corrected chi connectivity index (χ1v) is 8.69. The SMILES string of the molecule is CCCO[C@H]1CCCN(C(=O)Nc2cc(Cl)c(N)c(Cl)c2)CC1. The minimum absolute atomic E-state index is 0.155. The van der Waals surface area contributed by atoms with Gasteiger partial charge in [-0.2, -0.15) is 0 Å². The van der Waals surface area contributed by atoms with Gasteiger partial charge in [-0.1, -0.05) is 30.1 Å². The van der Waals surface area contributed by atoms with Crippen LogP contribution in [0.2, 0.25) is 10.0 Å². The van der Waals surface area contributed by atoms with E-state index in [0.717, 1.165) is 32.3 Å². The number of ether oxygens (including phenoxy) is 1. The minimum atomic E-state index is -0.155. The van der Waals surface area contributed by atoms with E-state index < -0.39 is 0 Å². The van der Waals surface area contributed by atoms with Crippen molar-refractivity contribution in [2.24, 2.45) is 0 Å². The second-order valence-electron chi connectivity index (χ2n) is 5.69. The zero-order valence-electron chi connectivity index (χ0n) is 13.3. The summed E-state index contributed by atoms with van der Waals surface area (Å²) in [5, 5.41) is 3.49. The molecule has 1 aromatic rings. The first-order valence-electron chi connectivity index (χ1n) is 7.93. The third-order valence-electron chi connectivity index (χ3n) is 3.85. The number of nitrogens with zero attached hydrogens (tertiary/aromatic N) is 1. The molecule has 5 nitrogen and oxygen atoms in total. The molecule has 7 heteroatoms. The number of anilines is 2. The molecule has 1 aliphatic heterocycles. The number of urea groups is 1. The van der Waals surface area contributed by atoms with Crippen LogP contribution in [-0.4, -0.2) is 36.7 Å². The highest BCUT2D eigenvalue weighted by molar-refractivity contribution is 6.39. The summed E-state index contributed by atoms with van der Waals surface area (Å²) in [7, 11) is 0. The van der Waals surface area contributed by atoms with Crippen LogP contribution in [0.25, 0.3) is 0 Å². The van der Waals surface area contributed by atoms with E-state index >= 15 is 0 Å². The molecule has 3 N–H and O–H groups in total. The molecule has 128 valence electrons. The fourth-order valence-corrected chi connectivity index (χ4v) is 3.07. The average Bonchev–Trinajstić information content (AvgIpc) is 2.76. The molecule has 1 fully saturated rings. The summed E-state index contributed by atoms with van der Waals surface area (Å²) in [6.07, 6.45) is 4.04. The molecule has 0 spiro atoms. The quantitative estimate of drug-likeness (QED) is 0.783. The van der Waals surface area contributed by atoms with Gasteiger partial charge in [0.05, 0.1) is 21.8 Å². The van der Waals surface area contributed by atoms with E-state index in [1.165, 1.54) is 0 Å². The number of amides is 2. The Morgan fingerprint density at radius 2 is 2.04 bits per heavy atom. The van der Waals surface area contributed by atoms with Gasteiger partial charge in [-0.05, 0) is 37.8 Å². The van der Waals surface area contributed by atoms with E-state index in [-0.39, 0.29) is 12.1 Å². The molecule has 23 heavy (non-hydrogen) atoms. The van der Waals surface area contributed by atoms with Crippen LogP contribution in [-0.2, 0) is 4.74 Å². The molecule has 2 amide bonds. The van der Waals surface area contributed by atoms with Gasteiger partial charge < -0.3 is 20.7 Å². The second kappa shape index (κ2) is 8.62. The van der Waals surface area contributed by atoms with Gasteiger partial charge in [-0.3, -0.25) is 0 Å². The summed E-state index contributed by atoms with van der Waals surface area (Å²) in [5.41, 5.74) is 6.56. The van der Waals surface area contributed by atoms with Crippen molar-refractivity contribution in [3.05, 3.63) is 22.2 Å². The van der Waals surface area contributed by atoms with Crippen molar-refractivity contribution in [1.29, 1.82) is 0 Å². The van der Waals surface area contributed by atoms with E-state index in [0.29, 0.717) is 34.5 Å². The van der Waals surface area contributed by atoms with Crippen molar-refractivity contribution in [2.45, 2.75) is 38.7 Å². The maximum absolute atomic E-state index is 12.4. The average molecular weight is 360 g/mol. The lowest BCUT2D eigenvalue weighted by Crippen LogP contribution is -2.36. The molecule has 0 unspecified atom stereocenters. The summed E-state index contributed by atoms with van der Waals surface area (Å²) in [5.74, 6) is 0. The fraction of sp³-hybridized carbons (Fsp3) is 0.562. The third kappa shape index (κ3) is 5.16. The van der Waals surface area contributed by atoms with Crippen molar-refractivity contribution in [1.82, 2.24) is 4.90 Å². The normalized spacial score (nSPS) is 18.6. The van der Waals surface area contributed by atoms with Crippen LogP contribution in [0.15, 0.2) is 12.1 Å². The van der Waals surface area contributed by atoms with E-state index in [1.807, 2.05) is 0 Å². The molecule has 1 aliphatic rings. The van der Waals surface area contributed by atoms with Crippen LogP contribution < -0.4 is 11.1 Å². The van der Waals surface area contributed by atoms with E-state index in [4.69, 9.17) is 33.7 Å². The van der Waals surface area contributed by atoms with Gasteiger partial charge in [-0.15, -0.1) is 0 Å². The second-order valence-corrected chi connectivity index (χ2v) is 6.51. The number of nitrogens with two attached hydrogens (primary N) is 1. The smallest absolute Gasteiger partial charge is 0.321 e.